The fourth-order valence-corrected chi connectivity index (χ4v) is 2.77. The van der Waals surface area contributed by atoms with Gasteiger partial charge in [0.05, 0.1) is 51.9 Å². The van der Waals surface area contributed by atoms with Gasteiger partial charge in [-0.15, -0.1) is 5.10 Å². The Hall–Kier alpha value is -1.51. The van der Waals surface area contributed by atoms with E-state index in [1.165, 1.54) is 0 Å². The molecule has 1 N–H and O–H groups in total. The van der Waals surface area contributed by atoms with Crippen molar-refractivity contribution in [2.45, 2.75) is 53.5 Å². The monoisotopic (exact) mass is 398 g/mol. The van der Waals surface area contributed by atoms with Crippen LogP contribution in [-0.2, 0) is 25.5 Å². The average Bonchev–Trinajstić information content (AvgIpc) is 3.07. The van der Waals surface area contributed by atoms with Gasteiger partial charge in [-0.05, 0) is 19.3 Å². The van der Waals surface area contributed by atoms with Crippen LogP contribution in [-0.4, -0.2) is 67.1 Å². The smallest absolute Gasteiger partial charge is 0.223 e. The number of amides is 1. The van der Waals surface area contributed by atoms with Gasteiger partial charge < -0.3 is 19.5 Å². The van der Waals surface area contributed by atoms with Gasteiger partial charge in [0.2, 0.25) is 5.91 Å². The van der Waals surface area contributed by atoms with Crippen LogP contribution in [0.1, 0.15) is 45.7 Å². The molecule has 0 saturated heterocycles. The maximum atomic E-state index is 12.2. The van der Waals surface area contributed by atoms with Crippen LogP contribution in [0, 0.1) is 18.8 Å². The molecule has 1 amide bonds. The van der Waals surface area contributed by atoms with Gasteiger partial charge in [-0.2, -0.15) is 0 Å². The minimum atomic E-state index is 0.0943. The summed E-state index contributed by atoms with van der Waals surface area (Å²) in [6, 6.07) is 0. The minimum Gasteiger partial charge on any atom is -0.377 e. The highest BCUT2D eigenvalue weighted by Crippen LogP contribution is 2.18. The number of carbonyl (C=O) groups is 1. The Bertz CT molecular complexity index is 522. The number of carbonyl (C=O) groups excluding carboxylic acids is 1. The molecule has 0 radical (unpaired) electrons. The van der Waals surface area contributed by atoms with Gasteiger partial charge in [0.25, 0.3) is 0 Å². The SMILES string of the molecule is CCCCC(C(=O)NCCOCCOCCOCCn1cc(C)nn1)C(C)C. The van der Waals surface area contributed by atoms with Crippen LogP contribution in [0.2, 0.25) is 0 Å². The third-order valence-electron chi connectivity index (χ3n) is 4.42. The molecular weight excluding hydrogens is 360 g/mol. The summed E-state index contributed by atoms with van der Waals surface area (Å²) in [7, 11) is 0. The number of aryl methyl sites for hydroxylation is 1. The first-order valence-electron chi connectivity index (χ1n) is 10.4. The predicted molar refractivity (Wildman–Crippen MR) is 108 cm³/mol. The first-order valence-corrected chi connectivity index (χ1v) is 10.4. The van der Waals surface area contributed by atoms with Gasteiger partial charge in [0, 0.05) is 18.7 Å². The zero-order valence-electron chi connectivity index (χ0n) is 18.0. The molecule has 1 unspecified atom stereocenters. The Kier molecular flexibility index (Phi) is 13.5. The summed E-state index contributed by atoms with van der Waals surface area (Å²) in [6.07, 6.45) is 5.04. The van der Waals surface area contributed by atoms with Crippen LogP contribution in [0.5, 0.6) is 0 Å². The number of nitrogens with zero attached hydrogens (tertiary/aromatic N) is 3. The van der Waals surface area contributed by atoms with E-state index in [-0.39, 0.29) is 11.8 Å². The highest BCUT2D eigenvalue weighted by atomic mass is 16.5. The van der Waals surface area contributed by atoms with E-state index >= 15 is 0 Å². The van der Waals surface area contributed by atoms with Crippen LogP contribution in [0.15, 0.2) is 6.20 Å². The Balaban J connectivity index is 1.89. The lowest BCUT2D eigenvalue weighted by Crippen LogP contribution is -2.35. The molecule has 162 valence electrons. The zero-order chi connectivity index (χ0) is 20.6. The van der Waals surface area contributed by atoms with E-state index in [1.807, 2.05) is 13.1 Å². The van der Waals surface area contributed by atoms with Gasteiger partial charge >= 0.3 is 0 Å². The fraction of sp³-hybridized carbons (Fsp3) is 0.850. The summed E-state index contributed by atoms with van der Waals surface area (Å²) in [6.45, 7) is 12.7. The molecule has 28 heavy (non-hydrogen) atoms. The largest absolute Gasteiger partial charge is 0.377 e. The first kappa shape index (κ1) is 24.5. The Labute approximate surface area is 169 Å². The highest BCUT2D eigenvalue weighted by Gasteiger charge is 2.20. The topological polar surface area (TPSA) is 87.5 Å². The van der Waals surface area contributed by atoms with E-state index in [0.717, 1.165) is 25.0 Å². The molecule has 1 aromatic rings. The Morgan fingerprint density at radius 1 is 1.11 bits per heavy atom. The van der Waals surface area contributed by atoms with Crippen molar-refractivity contribution in [3.05, 3.63) is 11.9 Å². The molecule has 0 aliphatic carbocycles. The molecule has 1 heterocycles. The summed E-state index contributed by atoms with van der Waals surface area (Å²) in [4.78, 5) is 12.2. The maximum Gasteiger partial charge on any atom is 0.223 e. The number of rotatable bonds is 17. The van der Waals surface area contributed by atoms with E-state index in [1.54, 1.807) is 4.68 Å². The normalized spacial score (nSPS) is 12.5. The van der Waals surface area contributed by atoms with E-state index in [4.69, 9.17) is 14.2 Å². The van der Waals surface area contributed by atoms with Crippen molar-refractivity contribution in [1.82, 2.24) is 20.3 Å². The third kappa shape index (κ3) is 11.4. The molecule has 1 rings (SSSR count). The molecular formula is C20H38N4O4. The molecule has 0 fully saturated rings. The second-order valence-electron chi connectivity index (χ2n) is 7.24. The van der Waals surface area contributed by atoms with E-state index in [2.05, 4.69) is 36.4 Å². The second kappa shape index (κ2) is 15.4. The van der Waals surface area contributed by atoms with Crippen LogP contribution < -0.4 is 5.32 Å². The van der Waals surface area contributed by atoms with Crippen LogP contribution in [0.4, 0.5) is 0 Å². The summed E-state index contributed by atoms with van der Waals surface area (Å²) in [5, 5.41) is 10.8. The van der Waals surface area contributed by atoms with Crippen LogP contribution >= 0.6 is 0 Å². The fourth-order valence-electron chi connectivity index (χ4n) is 2.77. The van der Waals surface area contributed by atoms with Crippen molar-refractivity contribution in [2.24, 2.45) is 11.8 Å². The maximum absolute atomic E-state index is 12.2. The zero-order valence-corrected chi connectivity index (χ0v) is 18.0. The molecule has 8 nitrogen and oxygen atoms in total. The van der Waals surface area contributed by atoms with Crippen molar-refractivity contribution in [1.29, 1.82) is 0 Å². The van der Waals surface area contributed by atoms with Gasteiger partial charge in [0.1, 0.15) is 0 Å². The van der Waals surface area contributed by atoms with Crippen molar-refractivity contribution in [3.8, 4) is 0 Å². The molecule has 0 aliphatic heterocycles. The third-order valence-corrected chi connectivity index (χ3v) is 4.42. The number of hydrogen-bond donors (Lipinski definition) is 1. The quantitative estimate of drug-likeness (QED) is 0.405. The Morgan fingerprint density at radius 3 is 2.32 bits per heavy atom. The lowest BCUT2D eigenvalue weighted by atomic mass is 9.90. The minimum absolute atomic E-state index is 0.0943. The number of ether oxygens (including phenoxy) is 3. The summed E-state index contributed by atoms with van der Waals surface area (Å²) >= 11 is 0. The number of aromatic nitrogens is 3. The second-order valence-corrected chi connectivity index (χ2v) is 7.24. The average molecular weight is 399 g/mol. The van der Waals surface area contributed by atoms with Gasteiger partial charge in [-0.3, -0.25) is 4.79 Å². The number of unbranched alkanes of at least 4 members (excludes halogenated alkanes) is 1. The van der Waals surface area contributed by atoms with Crippen molar-refractivity contribution < 1.29 is 19.0 Å². The van der Waals surface area contributed by atoms with Crippen LogP contribution in [0.3, 0.4) is 0 Å². The first-order chi connectivity index (χ1) is 13.5. The molecule has 0 spiro atoms. The molecule has 0 aromatic carbocycles. The van der Waals surface area contributed by atoms with Gasteiger partial charge in [-0.25, -0.2) is 4.68 Å². The van der Waals surface area contributed by atoms with E-state index in [0.29, 0.717) is 58.6 Å². The summed E-state index contributed by atoms with van der Waals surface area (Å²) in [5.41, 5.74) is 0.902. The molecule has 1 atom stereocenters. The number of hydrogen-bond acceptors (Lipinski definition) is 6. The predicted octanol–water partition coefficient (Wildman–Crippen LogP) is 2.21. The van der Waals surface area contributed by atoms with E-state index in [9.17, 15) is 4.79 Å². The van der Waals surface area contributed by atoms with Crippen molar-refractivity contribution in [3.63, 3.8) is 0 Å². The lowest BCUT2D eigenvalue weighted by molar-refractivity contribution is -0.126. The number of nitrogens with one attached hydrogen (secondary N) is 1. The van der Waals surface area contributed by atoms with Crippen molar-refractivity contribution >= 4 is 5.91 Å². The molecule has 0 aliphatic rings. The Morgan fingerprint density at radius 2 is 1.75 bits per heavy atom. The lowest BCUT2D eigenvalue weighted by Gasteiger charge is -2.20. The van der Waals surface area contributed by atoms with Crippen molar-refractivity contribution in [2.75, 3.05) is 46.2 Å². The van der Waals surface area contributed by atoms with Gasteiger partial charge in [-0.1, -0.05) is 38.8 Å². The summed E-state index contributed by atoms with van der Waals surface area (Å²) < 4.78 is 18.2. The van der Waals surface area contributed by atoms with Crippen LogP contribution in [0.25, 0.3) is 0 Å². The molecule has 1 aromatic heterocycles. The highest BCUT2D eigenvalue weighted by molar-refractivity contribution is 5.78. The summed E-state index contributed by atoms with van der Waals surface area (Å²) in [5.74, 6) is 0.599. The molecule has 8 heteroatoms. The van der Waals surface area contributed by atoms with E-state index < -0.39 is 0 Å². The van der Waals surface area contributed by atoms with Gasteiger partial charge in [0.15, 0.2) is 0 Å². The standard InChI is InChI=1S/C20H38N4O4/c1-5-6-7-19(17(2)3)20(25)21-8-10-26-12-14-28-15-13-27-11-9-24-16-18(4)22-23-24/h16-17,19H,5-15H2,1-4H3,(H,21,25). The molecule has 0 bridgehead atoms. The molecule has 0 saturated carbocycles.